The van der Waals surface area contributed by atoms with Gasteiger partial charge in [-0.1, -0.05) is 6.07 Å². The zero-order valence-corrected chi connectivity index (χ0v) is 14.2. The van der Waals surface area contributed by atoms with Gasteiger partial charge in [0, 0.05) is 0 Å². The number of aromatic hydroxyl groups is 1. The van der Waals surface area contributed by atoms with Crippen LogP contribution in [0.2, 0.25) is 0 Å². The number of amides is 3. The average molecular weight is 389 g/mol. The fraction of sp³-hybridized carbons (Fsp3) is 0.0588. The van der Waals surface area contributed by atoms with Gasteiger partial charge in [-0.15, -0.1) is 0 Å². The van der Waals surface area contributed by atoms with Crippen LogP contribution >= 0.6 is 15.9 Å². The van der Waals surface area contributed by atoms with Gasteiger partial charge in [0.25, 0.3) is 5.91 Å². The van der Waals surface area contributed by atoms with Gasteiger partial charge in [0.2, 0.25) is 0 Å². The van der Waals surface area contributed by atoms with E-state index in [9.17, 15) is 14.7 Å². The van der Waals surface area contributed by atoms with Crippen molar-refractivity contribution < 1.29 is 19.4 Å². The number of hydrogen-bond acceptors (Lipinski definition) is 4. The molecule has 1 aliphatic heterocycles. The third-order valence-electron chi connectivity index (χ3n) is 3.49. The summed E-state index contributed by atoms with van der Waals surface area (Å²) in [6.45, 7) is 0. The Balaban J connectivity index is 1.90. The lowest BCUT2D eigenvalue weighted by Gasteiger charge is -2.12. The van der Waals surface area contributed by atoms with Gasteiger partial charge >= 0.3 is 6.03 Å². The minimum absolute atomic E-state index is 0.0961. The second-order valence-corrected chi connectivity index (χ2v) is 5.89. The molecule has 1 saturated heterocycles. The topological polar surface area (TPSA) is 78.9 Å². The Hall–Kier alpha value is -2.80. The van der Waals surface area contributed by atoms with Crippen LogP contribution in [0.15, 0.2) is 52.6 Å². The molecule has 0 atom stereocenters. The quantitative estimate of drug-likeness (QED) is 0.624. The summed E-state index contributed by atoms with van der Waals surface area (Å²) in [5.74, 6) is 0.281. The van der Waals surface area contributed by atoms with Crippen molar-refractivity contribution in [1.82, 2.24) is 5.32 Å². The number of benzene rings is 2. The summed E-state index contributed by atoms with van der Waals surface area (Å²) in [6.07, 6.45) is 1.55. The van der Waals surface area contributed by atoms with Crippen molar-refractivity contribution in [1.29, 1.82) is 0 Å². The highest BCUT2D eigenvalue weighted by atomic mass is 79.9. The van der Waals surface area contributed by atoms with Crippen LogP contribution in [0, 0.1) is 0 Å². The molecule has 2 aromatic rings. The molecule has 2 aromatic carbocycles. The summed E-state index contributed by atoms with van der Waals surface area (Å²) in [6, 6.07) is 10.9. The molecule has 7 heteroatoms. The van der Waals surface area contributed by atoms with Gasteiger partial charge in [-0.25, -0.2) is 9.69 Å². The number of rotatable bonds is 3. The normalized spacial score (nSPS) is 15.8. The van der Waals surface area contributed by atoms with Crippen molar-refractivity contribution in [3.63, 3.8) is 0 Å². The number of methoxy groups -OCH3 is 1. The van der Waals surface area contributed by atoms with E-state index < -0.39 is 11.9 Å². The number of imide groups is 1. The van der Waals surface area contributed by atoms with Crippen LogP contribution in [0.25, 0.3) is 6.08 Å². The lowest BCUT2D eigenvalue weighted by atomic mass is 10.2. The van der Waals surface area contributed by atoms with E-state index in [1.54, 1.807) is 49.6 Å². The molecule has 0 radical (unpaired) electrons. The first-order valence-corrected chi connectivity index (χ1v) is 7.78. The number of phenolic OH excluding ortho intramolecular Hbond substituents is 1. The lowest BCUT2D eigenvalue weighted by Crippen LogP contribution is -2.30. The highest BCUT2D eigenvalue weighted by Crippen LogP contribution is 2.27. The van der Waals surface area contributed by atoms with Gasteiger partial charge in [-0.3, -0.25) is 4.79 Å². The number of anilines is 1. The summed E-state index contributed by atoms with van der Waals surface area (Å²) < 4.78 is 5.57. The smallest absolute Gasteiger partial charge is 0.333 e. The van der Waals surface area contributed by atoms with Crippen molar-refractivity contribution in [2.24, 2.45) is 0 Å². The number of ether oxygens (including phenoxy) is 1. The van der Waals surface area contributed by atoms with Crippen LogP contribution in [0.3, 0.4) is 0 Å². The van der Waals surface area contributed by atoms with Crippen molar-refractivity contribution in [2.45, 2.75) is 0 Å². The predicted octanol–water partition coefficient (Wildman–Crippen LogP) is 3.26. The van der Waals surface area contributed by atoms with Crippen molar-refractivity contribution in [3.8, 4) is 11.5 Å². The van der Waals surface area contributed by atoms with Gasteiger partial charge in [0.15, 0.2) is 0 Å². The van der Waals surface area contributed by atoms with Crippen molar-refractivity contribution >= 4 is 39.6 Å². The largest absolute Gasteiger partial charge is 0.507 e. The van der Waals surface area contributed by atoms with E-state index in [4.69, 9.17) is 4.74 Å². The summed E-state index contributed by atoms with van der Waals surface area (Å²) in [5, 5.41) is 12.1. The molecule has 0 unspecified atom stereocenters. The third-order valence-corrected chi connectivity index (χ3v) is 4.13. The van der Waals surface area contributed by atoms with Crippen LogP contribution < -0.4 is 15.0 Å². The molecule has 0 bridgehead atoms. The average Bonchev–Trinajstić information content (AvgIpc) is 2.85. The molecule has 0 aromatic heterocycles. The van der Waals surface area contributed by atoms with E-state index in [-0.39, 0.29) is 11.4 Å². The van der Waals surface area contributed by atoms with E-state index in [2.05, 4.69) is 21.2 Å². The molecule has 0 saturated carbocycles. The maximum Gasteiger partial charge on any atom is 0.333 e. The molecule has 1 fully saturated rings. The van der Waals surface area contributed by atoms with Crippen LogP contribution in [-0.2, 0) is 4.79 Å². The molecule has 6 nitrogen and oxygen atoms in total. The third kappa shape index (κ3) is 2.98. The number of phenols is 1. The van der Waals surface area contributed by atoms with Gasteiger partial charge in [0.1, 0.15) is 17.2 Å². The van der Waals surface area contributed by atoms with Crippen molar-refractivity contribution in [2.75, 3.05) is 12.0 Å². The minimum Gasteiger partial charge on any atom is -0.507 e. The Labute approximate surface area is 146 Å². The van der Waals surface area contributed by atoms with Crippen molar-refractivity contribution in [3.05, 3.63) is 58.2 Å². The molecule has 3 rings (SSSR count). The lowest BCUT2D eigenvalue weighted by molar-refractivity contribution is -0.113. The number of hydrogen-bond donors (Lipinski definition) is 2. The SMILES string of the molecule is COc1ccc(N2C(=O)N/C(=C\c3ccc(O)c(Br)c3)C2=O)cc1. The van der Waals surface area contributed by atoms with Crippen LogP contribution in [-0.4, -0.2) is 24.2 Å². The fourth-order valence-corrected chi connectivity index (χ4v) is 2.68. The molecule has 2 N–H and O–H groups in total. The second-order valence-electron chi connectivity index (χ2n) is 5.04. The van der Waals surface area contributed by atoms with Crippen LogP contribution in [0.4, 0.5) is 10.5 Å². The maximum absolute atomic E-state index is 12.5. The highest BCUT2D eigenvalue weighted by Gasteiger charge is 2.34. The molecule has 1 aliphatic rings. The molecular weight excluding hydrogens is 376 g/mol. The van der Waals surface area contributed by atoms with E-state index in [1.807, 2.05) is 0 Å². The standard InChI is InChI=1S/C17H13BrN2O4/c1-24-12-5-3-11(4-6-12)20-16(22)14(19-17(20)23)9-10-2-7-15(21)13(18)8-10/h2-9,21H,1H3,(H,19,23)/b14-9-. The summed E-state index contributed by atoms with van der Waals surface area (Å²) in [4.78, 5) is 25.7. The van der Waals surface area contributed by atoms with Gasteiger partial charge < -0.3 is 15.2 Å². The Bertz CT molecular complexity index is 846. The molecule has 24 heavy (non-hydrogen) atoms. The van der Waals surface area contributed by atoms with E-state index in [0.717, 1.165) is 4.90 Å². The molecule has 0 aliphatic carbocycles. The number of nitrogens with zero attached hydrogens (tertiary/aromatic N) is 1. The first-order chi connectivity index (χ1) is 11.5. The Kier molecular flexibility index (Phi) is 4.26. The highest BCUT2D eigenvalue weighted by molar-refractivity contribution is 9.10. The monoisotopic (exact) mass is 388 g/mol. The second kappa shape index (κ2) is 6.37. The molecular formula is C17H13BrN2O4. The number of carbonyl (C=O) groups excluding carboxylic acids is 2. The summed E-state index contributed by atoms with van der Waals surface area (Å²) >= 11 is 3.21. The van der Waals surface area contributed by atoms with Gasteiger partial charge in [-0.05, 0) is 64.0 Å². The first kappa shape index (κ1) is 16.1. The first-order valence-electron chi connectivity index (χ1n) is 6.99. The Morgan fingerprint density at radius 1 is 1.17 bits per heavy atom. The number of nitrogens with one attached hydrogen (secondary N) is 1. The Morgan fingerprint density at radius 2 is 1.88 bits per heavy atom. The van der Waals surface area contributed by atoms with E-state index in [1.165, 1.54) is 6.07 Å². The number of halogens is 1. The molecule has 1 heterocycles. The molecule has 3 amide bonds. The van der Waals surface area contributed by atoms with E-state index >= 15 is 0 Å². The van der Waals surface area contributed by atoms with Crippen LogP contribution in [0.1, 0.15) is 5.56 Å². The summed E-state index contributed by atoms with van der Waals surface area (Å²) in [5.41, 5.74) is 1.28. The number of urea groups is 1. The van der Waals surface area contributed by atoms with Gasteiger partial charge in [0.05, 0.1) is 17.3 Å². The zero-order valence-electron chi connectivity index (χ0n) is 12.6. The Morgan fingerprint density at radius 3 is 2.50 bits per heavy atom. The maximum atomic E-state index is 12.5. The predicted molar refractivity (Wildman–Crippen MR) is 92.8 cm³/mol. The summed E-state index contributed by atoms with van der Waals surface area (Å²) in [7, 11) is 1.54. The molecule has 122 valence electrons. The van der Waals surface area contributed by atoms with E-state index in [0.29, 0.717) is 21.5 Å². The van der Waals surface area contributed by atoms with Crippen LogP contribution in [0.5, 0.6) is 11.5 Å². The minimum atomic E-state index is -0.519. The molecule has 0 spiro atoms. The number of carbonyl (C=O) groups is 2. The zero-order chi connectivity index (χ0) is 17.3. The van der Waals surface area contributed by atoms with Gasteiger partial charge in [-0.2, -0.15) is 0 Å². The fourth-order valence-electron chi connectivity index (χ4n) is 2.28.